The topological polar surface area (TPSA) is 160 Å². The summed E-state index contributed by atoms with van der Waals surface area (Å²) in [7, 11) is 0. The zero-order chi connectivity index (χ0) is 33.9. The lowest BCUT2D eigenvalue weighted by Crippen LogP contribution is -2.27. The number of pyridine rings is 1. The number of nitrogens with zero attached hydrogens (tertiary/aromatic N) is 6. The summed E-state index contributed by atoms with van der Waals surface area (Å²) in [6, 6.07) is 16.9. The SMILES string of the molecule is CCOCCOCCOC(=O)Cc1ccc(C2=CN=C([C@@H]3CCc4cc(-c5cc(Cl)ccc5-n5cnnn5)cc(=O)n43)C2)cc1.O=CO. The molecule has 0 saturated heterocycles. The summed E-state index contributed by atoms with van der Waals surface area (Å²) in [5.41, 5.74) is 7.09. The summed E-state index contributed by atoms with van der Waals surface area (Å²) >= 11 is 6.34. The van der Waals surface area contributed by atoms with Crippen molar-refractivity contribution in [3.05, 3.63) is 99.3 Å². The first-order chi connectivity index (χ1) is 23.4. The number of allylic oxidation sites excluding steroid dienone is 1. The van der Waals surface area contributed by atoms with Crippen molar-refractivity contribution in [2.24, 2.45) is 4.99 Å². The molecule has 2 aliphatic rings. The van der Waals surface area contributed by atoms with Gasteiger partial charge in [-0.1, -0.05) is 35.9 Å². The molecule has 0 saturated carbocycles. The van der Waals surface area contributed by atoms with E-state index in [1.807, 2.05) is 60.2 Å². The highest BCUT2D eigenvalue weighted by Crippen LogP contribution is 2.36. The van der Waals surface area contributed by atoms with E-state index in [0.717, 1.165) is 57.8 Å². The fourth-order valence-electron chi connectivity index (χ4n) is 5.74. The number of rotatable bonds is 13. The average Bonchev–Trinajstić information content (AvgIpc) is 3.87. The maximum atomic E-state index is 13.5. The number of aryl methyl sites for hydroxylation is 1. The van der Waals surface area contributed by atoms with Gasteiger partial charge < -0.3 is 23.9 Å². The molecule has 0 radical (unpaired) electrons. The van der Waals surface area contributed by atoms with Crippen molar-refractivity contribution in [3.8, 4) is 16.8 Å². The van der Waals surface area contributed by atoms with E-state index in [1.165, 1.54) is 6.33 Å². The molecule has 250 valence electrons. The number of tetrazole rings is 1. The molecule has 4 aromatic rings. The number of carbonyl (C=O) groups is 2. The fraction of sp³-hybridized carbons (Fsp3) is 0.324. The fourth-order valence-corrected chi connectivity index (χ4v) is 5.91. The van der Waals surface area contributed by atoms with Gasteiger partial charge in [0.1, 0.15) is 12.9 Å². The number of hydrogen-bond acceptors (Lipinski definition) is 10. The molecule has 0 amide bonds. The normalized spacial score (nSPS) is 14.8. The minimum atomic E-state index is -0.294. The standard InChI is InChI=1S/C33H33ClN6O5.CH2O2/c1-2-43-11-12-44-13-14-45-33(42)15-22-3-5-23(6-4-22)25-17-29(35-20-25)31-10-8-27-16-24(18-32(41)40(27)31)28-19-26(34)7-9-30(28)39-21-36-37-38-39;2-1-3/h3-7,9,16,18-21,31H,2,8,10-15,17H2,1H3;1H,(H,2,3)/t31-;/m0./s1. The Hall–Kier alpha value is -4.98. The number of aliphatic imine (C=N–C) groups is 1. The zero-order valence-corrected chi connectivity index (χ0v) is 27.1. The second-order valence-corrected chi connectivity index (χ2v) is 11.3. The van der Waals surface area contributed by atoms with Gasteiger partial charge >= 0.3 is 5.97 Å². The van der Waals surface area contributed by atoms with Crippen LogP contribution in [-0.2, 0) is 36.6 Å². The molecule has 2 aromatic carbocycles. The van der Waals surface area contributed by atoms with Crippen molar-refractivity contribution >= 4 is 35.3 Å². The highest BCUT2D eigenvalue weighted by molar-refractivity contribution is 6.31. The van der Waals surface area contributed by atoms with Crippen molar-refractivity contribution in [3.63, 3.8) is 0 Å². The van der Waals surface area contributed by atoms with Crippen LogP contribution in [0.2, 0.25) is 5.02 Å². The smallest absolute Gasteiger partial charge is 0.310 e. The quantitative estimate of drug-likeness (QED) is 0.123. The highest BCUT2D eigenvalue weighted by atomic mass is 35.5. The second-order valence-electron chi connectivity index (χ2n) is 10.9. The van der Waals surface area contributed by atoms with Crippen LogP contribution in [0.25, 0.3) is 22.4 Å². The summed E-state index contributed by atoms with van der Waals surface area (Å²) < 4.78 is 19.3. The molecule has 2 aliphatic heterocycles. The predicted molar refractivity (Wildman–Crippen MR) is 178 cm³/mol. The van der Waals surface area contributed by atoms with E-state index >= 15 is 0 Å². The van der Waals surface area contributed by atoms with Crippen LogP contribution in [0.3, 0.4) is 0 Å². The van der Waals surface area contributed by atoms with Crippen molar-refractivity contribution in [1.29, 1.82) is 0 Å². The van der Waals surface area contributed by atoms with Gasteiger partial charge in [0.15, 0.2) is 0 Å². The molecule has 6 rings (SSSR count). The highest BCUT2D eigenvalue weighted by Gasteiger charge is 2.30. The number of fused-ring (bicyclic) bond motifs is 1. The molecule has 48 heavy (non-hydrogen) atoms. The number of halogens is 1. The lowest BCUT2D eigenvalue weighted by molar-refractivity contribution is -0.144. The van der Waals surface area contributed by atoms with Gasteiger partial charge in [-0.05, 0) is 76.7 Å². The van der Waals surface area contributed by atoms with Crippen LogP contribution in [0.4, 0.5) is 0 Å². The first-order valence-electron chi connectivity index (χ1n) is 15.4. The van der Waals surface area contributed by atoms with E-state index in [-0.39, 0.29) is 37.1 Å². The third-order valence-corrected chi connectivity index (χ3v) is 8.12. The molecule has 0 bridgehead atoms. The average molecular weight is 675 g/mol. The van der Waals surface area contributed by atoms with Gasteiger partial charge in [-0.15, -0.1) is 5.10 Å². The molecule has 0 unspecified atom stereocenters. The molecule has 13 nitrogen and oxygen atoms in total. The van der Waals surface area contributed by atoms with Crippen molar-refractivity contribution in [2.75, 3.05) is 33.0 Å². The maximum Gasteiger partial charge on any atom is 0.310 e. The Morgan fingerprint density at radius 2 is 1.81 bits per heavy atom. The minimum Gasteiger partial charge on any atom is -0.483 e. The number of aromatic nitrogens is 5. The molecule has 0 aliphatic carbocycles. The molecule has 2 aromatic heterocycles. The number of carbonyl (C=O) groups excluding carboxylic acids is 1. The van der Waals surface area contributed by atoms with E-state index in [0.29, 0.717) is 37.9 Å². The second kappa shape index (κ2) is 16.7. The monoisotopic (exact) mass is 674 g/mol. The summed E-state index contributed by atoms with van der Waals surface area (Å²) in [5.74, 6) is -0.294. The van der Waals surface area contributed by atoms with Crippen molar-refractivity contribution in [2.45, 2.75) is 38.6 Å². The molecule has 14 heteroatoms. The Morgan fingerprint density at radius 1 is 1.04 bits per heavy atom. The van der Waals surface area contributed by atoms with Crippen molar-refractivity contribution in [1.82, 2.24) is 24.8 Å². The Morgan fingerprint density at radius 3 is 2.56 bits per heavy atom. The Labute approximate surface area is 281 Å². The Kier molecular flexibility index (Phi) is 12.0. The van der Waals surface area contributed by atoms with Gasteiger partial charge in [-0.2, -0.15) is 4.68 Å². The Balaban J connectivity index is 0.00000145. The molecule has 0 spiro atoms. The van der Waals surface area contributed by atoms with Gasteiger partial charge in [0.25, 0.3) is 12.0 Å². The summed E-state index contributed by atoms with van der Waals surface area (Å²) in [6.07, 6.45) is 5.79. The maximum absolute atomic E-state index is 13.5. The molecular weight excluding hydrogens is 640 g/mol. The first kappa shape index (κ1) is 34.4. The van der Waals surface area contributed by atoms with Crippen LogP contribution >= 0.6 is 11.6 Å². The van der Waals surface area contributed by atoms with Crippen LogP contribution < -0.4 is 5.56 Å². The third-order valence-electron chi connectivity index (χ3n) is 7.88. The van der Waals surface area contributed by atoms with Crippen LogP contribution in [-0.4, -0.2) is 81.1 Å². The van der Waals surface area contributed by atoms with Crippen LogP contribution in [0.5, 0.6) is 0 Å². The van der Waals surface area contributed by atoms with Crippen LogP contribution in [0.15, 0.2) is 76.9 Å². The lowest BCUT2D eigenvalue weighted by Gasteiger charge is -2.17. The Bertz CT molecular complexity index is 1840. The van der Waals surface area contributed by atoms with Gasteiger partial charge in [0.05, 0.1) is 38.0 Å². The number of ether oxygens (including phenoxy) is 3. The molecular formula is C34H35ClN6O7. The largest absolute Gasteiger partial charge is 0.483 e. The summed E-state index contributed by atoms with van der Waals surface area (Å²) in [4.78, 5) is 38.9. The molecule has 4 heterocycles. The van der Waals surface area contributed by atoms with E-state index in [4.69, 9.17) is 40.7 Å². The van der Waals surface area contributed by atoms with Crippen molar-refractivity contribution < 1.29 is 28.9 Å². The van der Waals surface area contributed by atoms with Gasteiger partial charge in [-0.3, -0.25) is 19.4 Å². The van der Waals surface area contributed by atoms with E-state index < -0.39 is 0 Å². The van der Waals surface area contributed by atoms with Crippen LogP contribution in [0, 0.1) is 0 Å². The number of esters is 1. The molecule has 0 fully saturated rings. The number of benzene rings is 2. The van der Waals surface area contributed by atoms with Gasteiger partial charge in [-0.25, -0.2) is 0 Å². The summed E-state index contributed by atoms with van der Waals surface area (Å²) in [5, 5.41) is 18.9. The number of hydrogen-bond donors (Lipinski definition) is 1. The zero-order valence-electron chi connectivity index (χ0n) is 26.3. The summed E-state index contributed by atoms with van der Waals surface area (Å²) in [6.45, 7) is 3.90. The molecule has 1 atom stereocenters. The minimum absolute atomic E-state index is 0.0860. The van der Waals surface area contributed by atoms with Gasteiger partial charge in [0.2, 0.25) is 0 Å². The molecule has 1 N–H and O–H groups in total. The van der Waals surface area contributed by atoms with E-state index in [2.05, 4.69) is 15.5 Å². The number of carboxylic acid groups (broad SMARTS) is 1. The van der Waals surface area contributed by atoms with Gasteiger partial charge in [0, 0.05) is 47.3 Å². The lowest BCUT2D eigenvalue weighted by atomic mass is 9.97. The third kappa shape index (κ3) is 8.48. The predicted octanol–water partition coefficient (Wildman–Crippen LogP) is 4.36. The first-order valence-corrected chi connectivity index (χ1v) is 15.8. The van der Waals surface area contributed by atoms with E-state index in [9.17, 15) is 9.59 Å². The van der Waals surface area contributed by atoms with Crippen LogP contribution in [0.1, 0.15) is 42.6 Å². The van der Waals surface area contributed by atoms with E-state index in [1.54, 1.807) is 16.8 Å².